The van der Waals surface area contributed by atoms with Crippen LogP contribution in [0.5, 0.6) is 11.8 Å². The average Bonchev–Trinajstić information content (AvgIpc) is 3.44. The van der Waals surface area contributed by atoms with Crippen molar-refractivity contribution in [3.8, 4) is 11.8 Å². The summed E-state index contributed by atoms with van der Waals surface area (Å²) < 4.78 is 16.5. The highest BCUT2D eigenvalue weighted by Gasteiger charge is 2.27. The number of piperidine rings is 1. The second kappa shape index (κ2) is 13.3. The number of carbonyl (C=O) groups is 3. The van der Waals surface area contributed by atoms with Gasteiger partial charge in [0.2, 0.25) is 23.6 Å². The van der Waals surface area contributed by atoms with E-state index < -0.39 is 17.9 Å². The van der Waals surface area contributed by atoms with E-state index in [4.69, 9.17) is 25.5 Å². The number of amides is 3. The fourth-order valence-electron chi connectivity index (χ4n) is 4.56. The molecular formula is C29H29ClN6O6. The van der Waals surface area contributed by atoms with E-state index >= 15 is 0 Å². The summed E-state index contributed by atoms with van der Waals surface area (Å²) in [6, 6.07) is 14.2. The zero-order chi connectivity index (χ0) is 29.5. The molecular weight excluding hydrogens is 564 g/mol. The van der Waals surface area contributed by atoms with Gasteiger partial charge in [0.1, 0.15) is 17.7 Å². The maximum absolute atomic E-state index is 13.2. The molecule has 1 atom stereocenters. The van der Waals surface area contributed by atoms with E-state index in [9.17, 15) is 14.4 Å². The predicted octanol–water partition coefficient (Wildman–Crippen LogP) is 2.81. The van der Waals surface area contributed by atoms with Crippen molar-refractivity contribution in [2.45, 2.75) is 31.4 Å². The van der Waals surface area contributed by atoms with Gasteiger partial charge < -0.3 is 29.4 Å². The van der Waals surface area contributed by atoms with Crippen LogP contribution in [0.4, 0.5) is 0 Å². The van der Waals surface area contributed by atoms with E-state index in [0.717, 1.165) is 0 Å². The maximum Gasteiger partial charge on any atom is 0.287 e. The number of hydrogen-bond acceptors (Lipinski definition) is 9. The topological polar surface area (TPSA) is 149 Å². The molecule has 3 amide bonds. The lowest BCUT2D eigenvalue weighted by molar-refractivity contribution is -0.134. The first-order valence-electron chi connectivity index (χ1n) is 13.4. The Morgan fingerprint density at radius 1 is 1.07 bits per heavy atom. The van der Waals surface area contributed by atoms with Gasteiger partial charge in [0.15, 0.2) is 5.76 Å². The molecule has 42 heavy (non-hydrogen) atoms. The van der Waals surface area contributed by atoms with Gasteiger partial charge in [-0.1, -0.05) is 17.7 Å². The quantitative estimate of drug-likeness (QED) is 0.283. The molecule has 1 fully saturated rings. The largest absolute Gasteiger partial charge is 0.480 e. The van der Waals surface area contributed by atoms with Gasteiger partial charge in [-0.15, -0.1) is 10.2 Å². The van der Waals surface area contributed by atoms with Crippen molar-refractivity contribution in [3.05, 3.63) is 77.3 Å². The molecule has 2 N–H and O–H groups in total. The molecule has 4 aromatic rings. The van der Waals surface area contributed by atoms with Gasteiger partial charge in [-0.3, -0.25) is 19.4 Å². The Morgan fingerprint density at radius 2 is 1.86 bits per heavy atom. The Morgan fingerprint density at radius 3 is 2.57 bits per heavy atom. The van der Waals surface area contributed by atoms with Crippen molar-refractivity contribution in [2.75, 3.05) is 26.7 Å². The van der Waals surface area contributed by atoms with E-state index in [2.05, 4.69) is 25.8 Å². The number of ether oxygens (including phenoxy) is 2. The number of nitrogens with zero attached hydrogens (tertiary/aromatic N) is 4. The molecule has 0 saturated carbocycles. The summed E-state index contributed by atoms with van der Waals surface area (Å²) in [5, 5.41) is 14.4. The monoisotopic (exact) mass is 592 g/mol. The lowest BCUT2D eigenvalue weighted by atomic mass is 10.1. The highest BCUT2D eigenvalue weighted by atomic mass is 35.5. The molecule has 3 aromatic heterocycles. The third kappa shape index (κ3) is 7.32. The fourth-order valence-corrected chi connectivity index (χ4v) is 4.74. The van der Waals surface area contributed by atoms with E-state index in [1.54, 1.807) is 65.7 Å². The van der Waals surface area contributed by atoms with Crippen LogP contribution >= 0.6 is 11.6 Å². The van der Waals surface area contributed by atoms with Crippen LogP contribution in [-0.2, 0) is 16.0 Å². The summed E-state index contributed by atoms with van der Waals surface area (Å²) >= 11 is 6.04. The fraction of sp³-hybridized carbons (Fsp3) is 0.310. The van der Waals surface area contributed by atoms with Crippen molar-refractivity contribution in [2.24, 2.45) is 0 Å². The van der Waals surface area contributed by atoms with Crippen molar-refractivity contribution in [1.82, 2.24) is 30.7 Å². The molecule has 1 aliphatic heterocycles. The van der Waals surface area contributed by atoms with E-state index in [0.29, 0.717) is 59.4 Å². The minimum Gasteiger partial charge on any atom is -0.480 e. The Bertz CT molecular complexity index is 1540. The van der Waals surface area contributed by atoms with Gasteiger partial charge in [-0.2, -0.15) is 0 Å². The summed E-state index contributed by atoms with van der Waals surface area (Å²) in [5.74, 6) is -0.506. The lowest BCUT2D eigenvalue weighted by Gasteiger charge is -2.32. The number of carbonyl (C=O) groups excluding carboxylic acids is 3. The zero-order valence-corrected chi connectivity index (χ0v) is 23.5. The summed E-state index contributed by atoms with van der Waals surface area (Å²) in [6.07, 6.45) is 2.82. The molecule has 0 spiro atoms. The first-order chi connectivity index (χ1) is 20.4. The molecule has 0 unspecified atom stereocenters. The number of fused-ring (bicyclic) bond motifs is 1. The third-order valence-electron chi connectivity index (χ3n) is 6.78. The van der Waals surface area contributed by atoms with Crippen LogP contribution in [0.25, 0.3) is 11.0 Å². The zero-order valence-electron chi connectivity index (χ0n) is 22.8. The molecule has 0 aliphatic carbocycles. The first kappa shape index (κ1) is 28.8. The number of benzene rings is 1. The minimum absolute atomic E-state index is 0.0351. The van der Waals surface area contributed by atoms with Gasteiger partial charge in [-0.25, -0.2) is 0 Å². The van der Waals surface area contributed by atoms with Crippen molar-refractivity contribution in [3.63, 3.8) is 0 Å². The van der Waals surface area contributed by atoms with Gasteiger partial charge >= 0.3 is 0 Å². The van der Waals surface area contributed by atoms with Gasteiger partial charge in [0.05, 0.1) is 13.7 Å². The maximum atomic E-state index is 13.2. The van der Waals surface area contributed by atoms with Gasteiger partial charge in [0.25, 0.3) is 5.91 Å². The summed E-state index contributed by atoms with van der Waals surface area (Å²) in [6.45, 7) is 0.715. The Kier molecular flexibility index (Phi) is 9.12. The number of furan rings is 1. The number of hydrogen-bond donors (Lipinski definition) is 2. The number of likely N-dealkylation sites (tertiary alicyclic amines) is 1. The van der Waals surface area contributed by atoms with Crippen LogP contribution in [0, 0.1) is 0 Å². The van der Waals surface area contributed by atoms with Crippen LogP contribution in [0.1, 0.15) is 29.1 Å². The predicted molar refractivity (Wildman–Crippen MR) is 152 cm³/mol. The first-order valence-corrected chi connectivity index (χ1v) is 13.8. The standard InChI is InChI=1S/C29H29ClN6O6/c1-40-25-7-8-26(35-34-25)41-21-9-12-36(13-10-21)27(37)17-32-28(38)22(16-20-4-2-3-11-31-20)33-29(39)24-15-18-14-19(30)5-6-23(18)42-24/h2-8,11,14-15,21-22H,9-10,12-13,16-17H2,1H3,(H,32,38)(H,33,39)/t22-/m0/s1. The Balaban J connectivity index is 1.16. The van der Waals surface area contributed by atoms with Crippen molar-refractivity contribution < 1.29 is 28.3 Å². The van der Waals surface area contributed by atoms with Crippen molar-refractivity contribution >= 4 is 40.3 Å². The molecule has 1 aliphatic rings. The molecule has 5 rings (SSSR count). The second-order valence-electron chi connectivity index (χ2n) is 9.67. The smallest absolute Gasteiger partial charge is 0.287 e. The highest BCUT2D eigenvalue weighted by Crippen LogP contribution is 2.23. The number of aromatic nitrogens is 3. The molecule has 4 heterocycles. The minimum atomic E-state index is -0.998. The second-order valence-corrected chi connectivity index (χ2v) is 10.1. The van der Waals surface area contributed by atoms with Crippen LogP contribution in [0.3, 0.4) is 0 Å². The molecule has 12 nitrogen and oxygen atoms in total. The number of nitrogens with one attached hydrogen (secondary N) is 2. The van der Waals surface area contributed by atoms with Crippen molar-refractivity contribution in [1.29, 1.82) is 0 Å². The van der Waals surface area contributed by atoms with E-state index in [-0.39, 0.29) is 30.7 Å². The summed E-state index contributed by atoms with van der Waals surface area (Å²) in [4.78, 5) is 45.1. The molecule has 1 aromatic carbocycles. The number of pyridine rings is 1. The number of rotatable bonds is 10. The Hall–Kier alpha value is -4.71. The lowest BCUT2D eigenvalue weighted by Crippen LogP contribution is -2.51. The van der Waals surface area contributed by atoms with Crippen LogP contribution in [-0.4, -0.2) is 76.7 Å². The van der Waals surface area contributed by atoms with E-state index in [1.165, 1.54) is 7.11 Å². The molecule has 1 saturated heterocycles. The normalized spacial score (nSPS) is 14.3. The van der Waals surface area contributed by atoms with Gasteiger partial charge in [-0.05, 0) is 36.4 Å². The SMILES string of the molecule is COc1ccc(OC2CCN(C(=O)CNC(=O)[C@H](Cc3ccccn3)NC(=O)c3cc4cc(Cl)ccc4o3)CC2)nn1. The third-order valence-corrected chi connectivity index (χ3v) is 7.02. The molecule has 0 radical (unpaired) electrons. The number of methoxy groups -OCH3 is 1. The van der Waals surface area contributed by atoms with Crippen LogP contribution in [0.2, 0.25) is 5.02 Å². The van der Waals surface area contributed by atoms with E-state index in [1.807, 2.05) is 0 Å². The average molecular weight is 593 g/mol. The number of halogens is 1. The molecule has 0 bridgehead atoms. The van der Waals surface area contributed by atoms with Crippen LogP contribution in [0.15, 0.2) is 65.2 Å². The summed E-state index contributed by atoms with van der Waals surface area (Å²) in [5.41, 5.74) is 1.09. The highest BCUT2D eigenvalue weighted by molar-refractivity contribution is 6.31. The van der Waals surface area contributed by atoms with Gasteiger partial charge in [0, 0.05) is 66.8 Å². The Labute approximate surface area is 246 Å². The molecule has 218 valence electrons. The summed E-state index contributed by atoms with van der Waals surface area (Å²) in [7, 11) is 1.51. The van der Waals surface area contributed by atoms with Crippen LogP contribution < -0.4 is 20.1 Å². The molecule has 13 heteroatoms.